The summed E-state index contributed by atoms with van der Waals surface area (Å²) in [5, 5.41) is 11.8. The molecule has 8 heteroatoms. The molecule has 2 amide bonds. The Kier molecular flexibility index (Phi) is 6.63. The molecular formula is C25H29N5O3. The molecule has 33 heavy (non-hydrogen) atoms. The quantitative estimate of drug-likeness (QED) is 0.634. The first-order chi connectivity index (χ1) is 16.0. The fourth-order valence-electron chi connectivity index (χ4n) is 3.80. The van der Waals surface area contributed by atoms with E-state index in [4.69, 9.17) is 9.47 Å². The number of hydrogen-bond acceptors (Lipinski definition) is 6. The Morgan fingerprint density at radius 2 is 1.61 bits per heavy atom. The highest BCUT2D eigenvalue weighted by molar-refractivity contribution is 5.89. The summed E-state index contributed by atoms with van der Waals surface area (Å²) in [4.78, 5) is 16.6. The van der Waals surface area contributed by atoms with Gasteiger partial charge in [-0.3, -0.25) is 0 Å². The lowest BCUT2D eigenvalue weighted by molar-refractivity contribution is 0.208. The van der Waals surface area contributed by atoms with Gasteiger partial charge in [-0.15, -0.1) is 10.2 Å². The summed E-state index contributed by atoms with van der Waals surface area (Å²) in [6.45, 7) is 6.74. The number of piperazine rings is 1. The third kappa shape index (κ3) is 5.00. The van der Waals surface area contributed by atoms with Crippen molar-refractivity contribution >= 4 is 17.5 Å². The van der Waals surface area contributed by atoms with Crippen LogP contribution in [0.5, 0.6) is 11.5 Å². The van der Waals surface area contributed by atoms with E-state index in [1.54, 1.807) is 14.2 Å². The fraction of sp³-hybridized carbons (Fsp3) is 0.320. The lowest BCUT2D eigenvalue weighted by Crippen LogP contribution is -2.50. The summed E-state index contributed by atoms with van der Waals surface area (Å²) in [6.07, 6.45) is 0. The molecule has 2 aromatic carbocycles. The van der Waals surface area contributed by atoms with Crippen molar-refractivity contribution in [2.75, 3.05) is 50.6 Å². The van der Waals surface area contributed by atoms with E-state index < -0.39 is 0 Å². The summed E-state index contributed by atoms with van der Waals surface area (Å²) in [5.74, 6) is 2.12. The second-order valence-electron chi connectivity index (χ2n) is 8.05. The Hall–Kier alpha value is -3.81. The number of urea groups is 1. The van der Waals surface area contributed by atoms with Crippen LogP contribution in [-0.2, 0) is 0 Å². The zero-order valence-electron chi connectivity index (χ0n) is 19.5. The van der Waals surface area contributed by atoms with Crippen LogP contribution in [-0.4, -0.2) is 61.5 Å². The van der Waals surface area contributed by atoms with Gasteiger partial charge in [0.2, 0.25) is 0 Å². The number of aryl methyl sites for hydroxylation is 2. The van der Waals surface area contributed by atoms with Crippen LogP contribution < -0.4 is 19.7 Å². The number of rotatable bonds is 5. The van der Waals surface area contributed by atoms with E-state index in [1.807, 2.05) is 60.4 Å². The van der Waals surface area contributed by atoms with Gasteiger partial charge in [0.15, 0.2) is 17.3 Å². The van der Waals surface area contributed by atoms with E-state index in [1.165, 1.54) is 5.56 Å². The molecule has 0 unspecified atom stereocenters. The van der Waals surface area contributed by atoms with E-state index in [0.29, 0.717) is 37.7 Å². The molecule has 172 valence electrons. The van der Waals surface area contributed by atoms with Gasteiger partial charge in [-0.1, -0.05) is 6.07 Å². The molecular weight excluding hydrogens is 418 g/mol. The first-order valence-corrected chi connectivity index (χ1v) is 10.9. The van der Waals surface area contributed by atoms with Crippen LogP contribution in [0, 0.1) is 13.8 Å². The zero-order valence-corrected chi connectivity index (χ0v) is 19.5. The standard InChI is InChI=1S/C25H29N5O3/c1-17-5-7-20(15-18(17)2)26-25(31)30-13-11-29(12-14-30)24-10-8-21(27-28-24)19-6-9-22(32-3)23(16-19)33-4/h5-10,15-16H,11-14H2,1-4H3,(H,26,31). The zero-order chi connectivity index (χ0) is 23.4. The Balaban J connectivity index is 1.36. The van der Waals surface area contributed by atoms with Crippen LogP contribution in [0.3, 0.4) is 0 Å². The van der Waals surface area contributed by atoms with Gasteiger partial charge >= 0.3 is 6.03 Å². The topological polar surface area (TPSA) is 79.8 Å². The predicted octanol–water partition coefficient (Wildman–Crippen LogP) is 4.13. The number of anilines is 2. The molecule has 0 atom stereocenters. The highest BCUT2D eigenvalue weighted by Gasteiger charge is 2.22. The van der Waals surface area contributed by atoms with Crippen LogP contribution in [0.25, 0.3) is 11.3 Å². The molecule has 0 aliphatic carbocycles. The lowest BCUT2D eigenvalue weighted by Gasteiger charge is -2.35. The van der Waals surface area contributed by atoms with Crippen molar-refractivity contribution < 1.29 is 14.3 Å². The summed E-state index contributed by atoms with van der Waals surface area (Å²) in [6, 6.07) is 15.5. The average Bonchev–Trinajstić information content (AvgIpc) is 2.86. The minimum absolute atomic E-state index is 0.0761. The Morgan fingerprint density at radius 1 is 0.848 bits per heavy atom. The number of carbonyl (C=O) groups excluding carboxylic acids is 1. The highest BCUT2D eigenvalue weighted by atomic mass is 16.5. The van der Waals surface area contributed by atoms with Crippen molar-refractivity contribution in [1.29, 1.82) is 0 Å². The van der Waals surface area contributed by atoms with Gasteiger partial charge in [-0.2, -0.15) is 0 Å². The SMILES string of the molecule is COc1ccc(-c2ccc(N3CCN(C(=O)Nc4ccc(C)c(C)c4)CC3)nn2)cc1OC. The largest absolute Gasteiger partial charge is 0.493 e. The second kappa shape index (κ2) is 9.77. The molecule has 1 saturated heterocycles. The van der Waals surface area contributed by atoms with Gasteiger partial charge in [0.1, 0.15) is 0 Å². The minimum atomic E-state index is -0.0761. The van der Waals surface area contributed by atoms with Gasteiger partial charge in [-0.05, 0) is 67.4 Å². The molecule has 0 bridgehead atoms. The van der Waals surface area contributed by atoms with E-state index >= 15 is 0 Å². The molecule has 1 aliphatic heterocycles. The summed E-state index contributed by atoms with van der Waals surface area (Å²) >= 11 is 0. The number of hydrogen-bond donors (Lipinski definition) is 1. The van der Waals surface area contributed by atoms with Gasteiger partial charge < -0.3 is 24.6 Å². The van der Waals surface area contributed by atoms with Gasteiger partial charge in [0.25, 0.3) is 0 Å². The lowest BCUT2D eigenvalue weighted by atomic mass is 10.1. The molecule has 4 rings (SSSR count). The van der Waals surface area contributed by atoms with Crippen molar-refractivity contribution in [2.24, 2.45) is 0 Å². The van der Waals surface area contributed by atoms with Crippen molar-refractivity contribution in [2.45, 2.75) is 13.8 Å². The van der Waals surface area contributed by atoms with Gasteiger partial charge in [0, 0.05) is 37.4 Å². The summed E-state index contributed by atoms with van der Waals surface area (Å²) < 4.78 is 10.7. The van der Waals surface area contributed by atoms with Crippen LogP contribution in [0.1, 0.15) is 11.1 Å². The molecule has 0 spiro atoms. The van der Waals surface area contributed by atoms with E-state index in [2.05, 4.69) is 27.3 Å². The average molecular weight is 448 g/mol. The number of aromatic nitrogens is 2. The molecule has 1 fully saturated rings. The van der Waals surface area contributed by atoms with Crippen LogP contribution in [0.15, 0.2) is 48.5 Å². The van der Waals surface area contributed by atoms with Crippen molar-refractivity contribution in [3.8, 4) is 22.8 Å². The number of nitrogens with zero attached hydrogens (tertiary/aromatic N) is 4. The number of benzene rings is 2. The van der Waals surface area contributed by atoms with E-state index in [-0.39, 0.29) is 6.03 Å². The van der Waals surface area contributed by atoms with Crippen molar-refractivity contribution in [1.82, 2.24) is 15.1 Å². The monoisotopic (exact) mass is 447 g/mol. The molecule has 2 heterocycles. The highest BCUT2D eigenvalue weighted by Crippen LogP contribution is 2.31. The van der Waals surface area contributed by atoms with Gasteiger partial charge in [0.05, 0.1) is 19.9 Å². The number of methoxy groups -OCH3 is 2. The fourth-order valence-corrected chi connectivity index (χ4v) is 3.80. The predicted molar refractivity (Wildman–Crippen MR) is 129 cm³/mol. The molecule has 1 N–H and O–H groups in total. The molecule has 3 aromatic rings. The molecule has 1 aromatic heterocycles. The molecule has 0 radical (unpaired) electrons. The maximum Gasteiger partial charge on any atom is 0.321 e. The first kappa shape index (κ1) is 22.4. The normalized spacial score (nSPS) is 13.6. The number of ether oxygens (including phenoxy) is 2. The van der Waals surface area contributed by atoms with Gasteiger partial charge in [-0.25, -0.2) is 4.79 Å². The Labute approximate surface area is 194 Å². The third-order valence-corrected chi connectivity index (χ3v) is 5.98. The van der Waals surface area contributed by atoms with Crippen LogP contribution in [0.2, 0.25) is 0 Å². The van der Waals surface area contributed by atoms with E-state index in [0.717, 1.165) is 28.3 Å². The Bertz CT molecular complexity index is 1130. The molecule has 0 saturated carbocycles. The minimum Gasteiger partial charge on any atom is -0.493 e. The smallest absolute Gasteiger partial charge is 0.321 e. The maximum absolute atomic E-state index is 12.7. The van der Waals surface area contributed by atoms with Crippen LogP contribution in [0.4, 0.5) is 16.3 Å². The number of carbonyl (C=O) groups is 1. The molecule has 1 aliphatic rings. The Morgan fingerprint density at radius 3 is 2.24 bits per heavy atom. The van der Waals surface area contributed by atoms with E-state index in [9.17, 15) is 4.79 Å². The third-order valence-electron chi connectivity index (χ3n) is 5.98. The summed E-state index contributed by atoms with van der Waals surface area (Å²) in [5.41, 5.74) is 4.85. The maximum atomic E-state index is 12.7. The van der Waals surface area contributed by atoms with Crippen LogP contribution >= 0.6 is 0 Å². The van der Waals surface area contributed by atoms with Crippen molar-refractivity contribution in [3.63, 3.8) is 0 Å². The second-order valence-corrected chi connectivity index (χ2v) is 8.05. The number of nitrogens with one attached hydrogen (secondary N) is 1. The number of amides is 2. The molecule has 8 nitrogen and oxygen atoms in total. The van der Waals surface area contributed by atoms with Crippen molar-refractivity contribution in [3.05, 3.63) is 59.7 Å². The summed E-state index contributed by atoms with van der Waals surface area (Å²) in [7, 11) is 3.22. The first-order valence-electron chi connectivity index (χ1n) is 10.9.